The molecule has 0 fully saturated rings. The fraction of sp³-hybridized carbons (Fsp3) is 0.0500. The second kappa shape index (κ2) is 28.6. The molecule has 2 aromatic heterocycles. The molecule has 0 unspecified atom stereocenters. The van der Waals surface area contributed by atoms with Gasteiger partial charge in [0.25, 0.3) is 0 Å². The van der Waals surface area contributed by atoms with E-state index in [1.54, 1.807) is 109 Å². The Morgan fingerprint density at radius 3 is 0.750 bits per heavy atom. The molecule has 6 rings (SSSR count). The van der Waals surface area contributed by atoms with Crippen LogP contribution in [0.25, 0.3) is 0 Å². The van der Waals surface area contributed by atoms with Crippen LogP contribution in [0.15, 0.2) is 153 Å². The zero-order valence-electron chi connectivity index (χ0n) is 28.9. The second-order valence-corrected chi connectivity index (χ2v) is 11.7. The van der Waals surface area contributed by atoms with Gasteiger partial charge < -0.3 is 20.4 Å². The maximum Gasteiger partial charge on any atom is 2.00 e. The summed E-state index contributed by atoms with van der Waals surface area (Å²) in [6, 6.07) is 36.9. The van der Waals surface area contributed by atoms with Crippen molar-refractivity contribution < 1.29 is 54.6 Å². The summed E-state index contributed by atoms with van der Waals surface area (Å²) in [4.78, 5) is 25.3. The third-order valence-electron chi connectivity index (χ3n) is 6.46. The molecule has 2 heterocycles. The van der Waals surface area contributed by atoms with E-state index in [9.17, 15) is 20.4 Å². The Kier molecular flexibility index (Phi) is 25.2. The summed E-state index contributed by atoms with van der Waals surface area (Å²) in [7, 11) is 0. The number of aromatic nitrogens is 2. The Hall–Kier alpha value is -4.74. The van der Waals surface area contributed by atoms with Crippen molar-refractivity contribution in [1.82, 2.24) is 9.97 Å². The summed E-state index contributed by atoms with van der Waals surface area (Å²) in [5.41, 5.74) is 1.98. The van der Waals surface area contributed by atoms with E-state index in [1.165, 1.54) is 49.1 Å². The summed E-state index contributed by atoms with van der Waals surface area (Å²) in [6.07, 6.45) is 5.91. The number of hydrogen-bond donors (Lipinski definition) is 0. The average molecular weight is 928 g/mol. The van der Waals surface area contributed by atoms with Crippen molar-refractivity contribution in [3.05, 3.63) is 156 Å². The van der Waals surface area contributed by atoms with Crippen LogP contribution < -0.4 is 20.4 Å². The van der Waals surface area contributed by atoms with Crippen molar-refractivity contribution in [2.45, 2.75) is 0 Å². The molecule has 0 spiro atoms. The van der Waals surface area contributed by atoms with Crippen molar-refractivity contribution in [3.63, 3.8) is 0 Å². The van der Waals surface area contributed by atoms with Gasteiger partial charge >= 0.3 is 34.1 Å². The number of aliphatic imine (C=N–C) groups is 4. The predicted octanol–water partition coefficient (Wildman–Crippen LogP) is 8.30. The fourth-order valence-electron chi connectivity index (χ4n) is 4.00. The van der Waals surface area contributed by atoms with Crippen LogP contribution in [0.1, 0.15) is 22.3 Å². The Morgan fingerprint density at radius 1 is 0.357 bits per heavy atom. The number of benzene rings is 4. The van der Waals surface area contributed by atoms with Crippen molar-refractivity contribution in [2.24, 2.45) is 20.0 Å². The molecule has 0 aliphatic heterocycles. The first-order valence-electron chi connectivity index (χ1n) is 15.7. The third kappa shape index (κ3) is 18.3. The van der Waals surface area contributed by atoms with E-state index in [0.717, 1.165) is 0 Å². The summed E-state index contributed by atoms with van der Waals surface area (Å²) in [5.74, 6) is 1.35. The van der Waals surface area contributed by atoms with Crippen LogP contribution in [0.2, 0.25) is 0 Å². The molecule has 4 aromatic carbocycles. The first-order valence-corrected chi connectivity index (χ1v) is 17.8. The zero-order chi connectivity index (χ0) is 39.0. The van der Waals surface area contributed by atoms with Crippen molar-refractivity contribution in [3.8, 4) is 23.0 Å². The van der Waals surface area contributed by atoms with Gasteiger partial charge in [0, 0.05) is 24.9 Å². The SMILES string of the molecule is ClCCl.ClCCl.[Cu+2].[Cu+2].[O-]c1ccccc1C=Nc1cccc(/N=C/c2ccccc2[O-])n1.[O-]c1ccccc1C=Nc1cccc(/N=C/c2ccccc2[O-])n1. The van der Waals surface area contributed by atoms with E-state index in [0.29, 0.717) is 45.5 Å². The Balaban J connectivity index is 0.000000476. The third-order valence-corrected chi connectivity index (χ3v) is 6.46. The molecule has 0 aliphatic rings. The molecular weight excluding hydrogens is 897 g/mol. The van der Waals surface area contributed by atoms with Crippen LogP contribution in [-0.4, -0.2) is 45.5 Å². The van der Waals surface area contributed by atoms with E-state index in [4.69, 9.17) is 46.4 Å². The van der Waals surface area contributed by atoms with E-state index < -0.39 is 0 Å². The molecule has 0 amide bonds. The molecular formula is C40H30Cl4Cu2N6O4. The number of para-hydroxylation sites is 4. The van der Waals surface area contributed by atoms with Gasteiger partial charge in [-0.05, 0) is 46.5 Å². The summed E-state index contributed by atoms with van der Waals surface area (Å²) < 4.78 is 0. The summed E-state index contributed by atoms with van der Waals surface area (Å²) in [5, 5.41) is 46.9. The molecule has 0 bridgehead atoms. The van der Waals surface area contributed by atoms with Gasteiger partial charge in [-0.25, -0.2) is 29.9 Å². The molecule has 16 heteroatoms. The normalized spacial score (nSPS) is 10.4. The minimum Gasteiger partial charge on any atom is -0.872 e. The van der Waals surface area contributed by atoms with Gasteiger partial charge in [0.15, 0.2) is 23.3 Å². The molecule has 294 valence electrons. The van der Waals surface area contributed by atoms with E-state index >= 15 is 0 Å². The molecule has 0 aliphatic carbocycles. The minimum absolute atomic E-state index is 0. The molecule has 2 radical (unpaired) electrons. The molecule has 0 saturated heterocycles. The predicted molar refractivity (Wildman–Crippen MR) is 214 cm³/mol. The van der Waals surface area contributed by atoms with Crippen molar-refractivity contribution in [1.29, 1.82) is 0 Å². The quantitative estimate of drug-likeness (QED) is 0.0846. The fourth-order valence-corrected chi connectivity index (χ4v) is 4.00. The van der Waals surface area contributed by atoms with Crippen LogP contribution in [0.3, 0.4) is 0 Å². The first kappa shape index (κ1) is 49.3. The second-order valence-electron chi connectivity index (χ2n) is 10.1. The van der Waals surface area contributed by atoms with Gasteiger partial charge in [-0.2, -0.15) is 0 Å². The molecule has 0 atom stereocenters. The number of halogens is 4. The van der Waals surface area contributed by atoms with Gasteiger partial charge in [0.05, 0.1) is 10.7 Å². The largest absolute Gasteiger partial charge is 2.00 e. The molecule has 56 heavy (non-hydrogen) atoms. The van der Waals surface area contributed by atoms with Crippen LogP contribution in [-0.2, 0) is 34.1 Å². The summed E-state index contributed by atoms with van der Waals surface area (Å²) in [6.45, 7) is 0. The van der Waals surface area contributed by atoms with Gasteiger partial charge in [-0.3, -0.25) is 0 Å². The summed E-state index contributed by atoms with van der Waals surface area (Å²) >= 11 is 19.1. The molecule has 0 N–H and O–H groups in total. The molecule has 0 saturated carbocycles. The van der Waals surface area contributed by atoms with Crippen molar-refractivity contribution in [2.75, 3.05) is 10.7 Å². The Bertz CT molecular complexity index is 1880. The van der Waals surface area contributed by atoms with E-state index in [2.05, 4.69) is 29.9 Å². The monoisotopic (exact) mass is 924 g/mol. The number of hydrogen-bond acceptors (Lipinski definition) is 10. The smallest absolute Gasteiger partial charge is 0.872 e. The maximum atomic E-state index is 11.6. The maximum absolute atomic E-state index is 11.6. The van der Waals surface area contributed by atoms with Gasteiger partial charge in [0.1, 0.15) is 0 Å². The van der Waals surface area contributed by atoms with Gasteiger partial charge in [-0.1, -0.05) is 109 Å². The van der Waals surface area contributed by atoms with Crippen LogP contribution in [0, 0.1) is 0 Å². The number of nitrogens with zero attached hydrogens (tertiary/aromatic N) is 6. The minimum atomic E-state index is -0.0949. The van der Waals surface area contributed by atoms with Gasteiger partial charge in [0.2, 0.25) is 0 Å². The number of alkyl halides is 4. The van der Waals surface area contributed by atoms with Crippen molar-refractivity contribution >= 4 is 94.5 Å². The number of rotatable bonds is 8. The first-order chi connectivity index (χ1) is 26.3. The number of pyridine rings is 2. The topological polar surface area (TPSA) is 167 Å². The van der Waals surface area contributed by atoms with E-state index in [-0.39, 0.29) is 67.8 Å². The average Bonchev–Trinajstić information content (AvgIpc) is 3.18. The zero-order valence-corrected chi connectivity index (χ0v) is 33.8. The molecule has 6 aromatic rings. The molecule has 10 nitrogen and oxygen atoms in total. The van der Waals surface area contributed by atoms with Crippen LogP contribution in [0.4, 0.5) is 23.3 Å². The van der Waals surface area contributed by atoms with E-state index in [1.807, 2.05) is 0 Å². The standard InChI is InChI=1S/2C19H15N3O2.2CH2Cl2.2Cu/c2*23-16-8-3-1-6-14(16)12-20-18-10-5-11-19(22-18)21-13-15-7-2-4-9-17(15)24;2*2-1-3;;/h2*1-13,23-24H;2*1H2;;/q;;;;2*+2/p-4/b2*20-12+,21-13?;;;;. The van der Waals surface area contributed by atoms with Crippen LogP contribution in [0.5, 0.6) is 23.0 Å². The van der Waals surface area contributed by atoms with Gasteiger partial charge in [-0.15, -0.1) is 69.4 Å². The van der Waals surface area contributed by atoms with Crippen LogP contribution >= 0.6 is 46.4 Å². The Labute approximate surface area is 366 Å². The Morgan fingerprint density at radius 2 is 0.554 bits per heavy atom.